The maximum atomic E-state index is 12.1. The number of nitrogens with two attached hydrogens (primary N) is 1. The van der Waals surface area contributed by atoms with Crippen LogP contribution in [-0.2, 0) is 14.8 Å². The second-order valence-electron chi connectivity index (χ2n) is 4.08. The molecule has 0 fully saturated rings. The van der Waals surface area contributed by atoms with Gasteiger partial charge in [0.2, 0.25) is 10.0 Å². The Balaban J connectivity index is 2.95. The SMILES string of the molecule is COCC(O)CNS(=O)(=O)c1cc(Cl)cc(N)c1C. The molecule has 0 spiro atoms. The van der Waals surface area contributed by atoms with Crippen molar-refractivity contribution in [3.63, 3.8) is 0 Å². The van der Waals surface area contributed by atoms with Crippen LogP contribution in [0.15, 0.2) is 17.0 Å². The number of hydrogen-bond donors (Lipinski definition) is 3. The second-order valence-corrected chi connectivity index (χ2v) is 6.25. The second kappa shape index (κ2) is 6.53. The zero-order valence-corrected chi connectivity index (χ0v) is 12.3. The highest BCUT2D eigenvalue weighted by atomic mass is 35.5. The molecule has 0 saturated heterocycles. The molecule has 0 heterocycles. The minimum atomic E-state index is -3.78. The first kappa shape index (κ1) is 16.2. The predicted octanol–water partition coefficient (Wildman–Crippen LogP) is 0.516. The fraction of sp³-hybridized carbons (Fsp3) is 0.455. The van der Waals surface area contributed by atoms with Crippen LogP contribution in [0.4, 0.5) is 5.69 Å². The van der Waals surface area contributed by atoms with Crippen molar-refractivity contribution in [3.05, 3.63) is 22.7 Å². The van der Waals surface area contributed by atoms with Gasteiger partial charge in [0, 0.05) is 24.4 Å². The number of nitrogens with one attached hydrogen (secondary N) is 1. The van der Waals surface area contributed by atoms with Gasteiger partial charge in [-0.25, -0.2) is 13.1 Å². The Bertz CT molecular complexity index is 548. The lowest BCUT2D eigenvalue weighted by Gasteiger charge is -2.14. The van der Waals surface area contributed by atoms with Crippen LogP contribution in [0.5, 0.6) is 0 Å². The number of hydrogen-bond acceptors (Lipinski definition) is 5. The molecule has 0 aliphatic rings. The Hall–Kier alpha value is -0.860. The van der Waals surface area contributed by atoms with Crippen LogP contribution >= 0.6 is 11.6 Å². The minimum Gasteiger partial charge on any atom is -0.398 e. The van der Waals surface area contributed by atoms with E-state index >= 15 is 0 Å². The molecule has 1 unspecified atom stereocenters. The first-order valence-corrected chi connectivity index (χ1v) is 7.36. The molecule has 0 bridgehead atoms. The number of benzene rings is 1. The number of nitrogen functional groups attached to an aromatic ring is 1. The zero-order chi connectivity index (χ0) is 14.6. The molecule has 8 heteroatoms. The lowest BCUT2D eigenvalue weighted by atomic mass is 10.2. The Labute approximate surface area is 117 Å². The molecule has 0 aliphatic heterocycles. The Morgan fingerprint density at radius 3 is 2.74 bits per heavy atom. The summed E-state index contributed by atoms with van der Waals surface area (Å²) < 4.78 is 31.2. The van der Waals surface area contributed by atoms with Crippen molar-refractivity contribution < 1.29 is 18.3 Å². The molecule has 1 aromatic carbocycles. The van der Waals surface area contributed by atoms with Gasteiger partial charge in [-0.05, 0) is 24.6 Å². The van der Waals surface area contributed by atoms with Crippen molar-refractivity contribution in [2.75, 3.05) is 26.0 Å². The number of halogens is 1. The van der Waals surface area contributed by atoms with E-state index in [0.29, 0.717) is 11.3 Å². The Kier molecular flexibility index (Phi) is 5.57. The highest BCUT2D eigenvalue weighted by Crippen LogP contribution is 2.25. The number of anilines is 1. The highest BCUT2D eigenvalue weighted by molar-refractivity contribution is 7.89. The fourth-order valence-electron chi connectivity index (χ4n) is 1.49. The number of ether oxygens (including phenoxy) is 1. The van der Waals surface area contributed by atoms with Gasteiger partial charge in [0.25, 0.3) is 0 Å². The average molecular weight is 309 g/mol. The van der Waals surface area contributed by atoms with E-state index in [9.17, 15) is 13.5 Å². The van der Waals surface area contributed by atoms with Crippen LogP contribution in [0.25, 0.3) is 0 Å². The fourth-order valence-corrected chi connectivity index (χ4v) is 3.15. The molecule has 1 rings (SSSR count). The third-order valence-corrected chi connectivity index (χ3v) is 4.29. The summed E-state index contributed by atoms with van der Waals surface area (Å²) in [6.07, 6.45) is -0.920. The van der Waals surface area contributed by atoms with Crippen LogP contribution in [-0.4, -0.2) is 39.9 Å². The van der Waals surface area contributed by atoms with E-state index in [1.54, 1.807) is 6.92 Å². The van der Waals surface area contributed by atoms with Crippen molar-refractivity contribution in [1.82, 2.24) is 4.72 Å². The van der Waals surface area contributed by atoms with Gasteiger partial charge < -0.3 is 15.6 Å². The molecule has 0 aliphatic carbocycles. The van der Waals surface area contributed by atoms with Crippen molar-refractivity contribution in [2.45, 2.75) is 17.9 Å². The van der Waals surface area contributed by atoms with Gasteiger partial charge >= 0.3 is 0 Å². The summed E-state index contributed by atoms with van der Waals surface area (Å²) in [5.74, 6) is 0. The van der Waals surface area contributed by atoms with Crippen molar-refractivity contribution in [1.29, 1.82) is 0 Å². The summed E-state index contributed by atoms with van der Waals surface area (Å²) in [6.45, 7) is 1.48. The van der Waals surface area contributed by atoms with Crippen molar-refractivity contribution in [3.8, 4) is 0 Å². The van der Waals surface area contributed by atoms with E-state index < -0.39 is 16.1 Å². The first-order valence-electron chi connectivity index (χ1n) is 5.50. The Morgan fingerprint density at radius 1 is 1.53 bits per heavy atom. The summed E-state index contributed by atoms with van der Waals surface area (Å²) in [4.78, 5) is 0.00196. The van der Waals surface area contributed by atoms with Crippen molar-refractivity contribution >= 4 is 27.3 Å². The average Bonchev–Trinajstić information content (AvgIpc) is 2.31. The summed E-state index contributed by atoms with van der Waals surface area (Å²) in [5.41, 5.74) is 6.39. The van der Waals surface area contributed by atoms with E-state index in [4.69, 9.17) is 22.1 Å². The monoisotopic (exact) mass is 308 g/mol. The number of methoxy groups -OCH3 is 1. The van der Waals surface area contributed by atoms with Crippen LogP contribution in [0.3, 0.4) is 0 Å². The minimum absolute atomic E-state index is 0.00196. The molecule has 0 amide bonds. The summed E-state index contributed by atoms with van der Waals surface area (Å²) in [7, 11) is -2.36. The lowest BCUT2D eigenvalue weighted by Crippen LogP contribution is -2.34. The molecule has 0 saturated carbocycles. The molecule has 0 radical (unpaired) electrons. The normalized spacial score (nSPS) is 13.5. The van der Waals surface area contributed by atoms with Gasteiger partial charge in [-0.15, -0.1) is 0 Å². The van der Waals surface area contributed by atoms with Gasteiger partial charge in [0.05, 0.1) is 17.6 Å². The predicted molar refractivity (Wildman–Crippen MR) is 73.7 cm³/mol. The molecule has 4 N–H and O–H groups in total. The van der Waals surface area contributed by atoms with Crippen LogP contribution in [0.1, 0.15) is 5.56 Å². The van der Waals surface area contributed by atoms with Gasteiger partial charge in [-0.2, -0.15) is 0 Å². The number of sulfonamides is 1. The first-order chi connectivity index (χ1) is 8.77. The number of rotatable bonds is 6. The van der Waals surface area contributed by atoms with Crippen molar-refractivity contribution in [2.24, 2.45) is 0 Å². The van der Waals surface area contributed by atoms with Gasteiger partial charge in [-0.1, -0.05) is 11.6 Å². The van der Waals surface area contributed by atoms with E-state index in [1.807, 2.05) is 0 Å². The molecule has 0 aromatic heterocycles. The Morgan fingerprint density at radius 2 is 2.16 bits per heavy atom. The third kappa shape index (κ3) is 4.32. The molecular formula is C11H17ClN2O4S. The quantitative estimate of drug-likeness (QED) is 0.665. The van der Waals surface area contributed by atoms with Crippen LogP contribution < -0.4 is 10.5 Å². The van der Waals surface area contributed by atoms with Gasteiger partial charge in [-0.3, -0.25) is 0 Å². The van der Waals surface area contributed by atoms with E-state index in [0.717, 1.165) is 0 Å². The standard InChI is InChI=1S/C11H17ClN2O4S/c1-7-10(13)3-8(12)4-11(7)19(16,17)14-5-9(15)6-18-2/h3-4,9,14-15H,5-6,13H2,1-2H3. The smallest absolute Gasteiger partial charge is 0.241 e. The number of aliphatic hydroxyl groups excluding tert-OH is 1. The van der Waals surface area contributed by atoms with E-state index in [1.165, 1.54) is 19.2 Å². The third-order valence-electron chi connectivity index (χ3n) is 2.52. The van der Waals surface area contributed by atoms with E-state index in [-0.39, 0.29) is 23.1 Å². The van der Waals surface area contributed by atoms with Gasteiger partial charge in [0.15, 0.2) is 0 Å². The molecule has 108 valence electrons. The zero-order valence-electron chi connectivity index (χ0n) is 10.7. The molecular weight excluding hydrogens is 292 g/mol. The highest BCUT2D eigenvalue weighted by Gasteiger charge is 2.20. The maximum Gasteiger partial charge on any atom is 0.241 e. The maximum absolute atomic E-state index is 12.1. The molecule has 1 aromatic rings. The molecule has 19 heavy (non-hydrogen) atoms. The summed E-state index contributed by atoms with van der Waals surface area (Å²) in [6, 6.07) is 2.80. The summed E-state index contributed by atoms with van der Waals surface area (Å²) in [5, 5.41) is 9.67. The van der Waals surface area contributed by atoms with Gasteiger partial charge in [0.1, 0.15) is 0 Å². The lowest BCUT2D eigenvalue weighted by molar-refractivity contribution is 0.0679. The number of aliphatic hydroxyl groups is 1. The van der Waals surface area contributed by atoms with Crippen LogP contribution in [0.2, 0.25) is 5.02 Å². The van der Waals surface area contributed by atoms with E-state index in [2.05, 4.69) is 4.72 Å². The van der Waals surface area contributed by atoms with Crippen LogP contribution in [0, 0.1) is 6.92 Å². The topological polar surface area (TPSA) is 102 Å². The summed E-state index contributed by atoms with van der Waals surface area (Å²) >= 11 is 5.80. The molecule has 1 atom stereocenters. The largest absolute Gasteiger partial charge is 0.398 e. The molecule has 6 nitrogen and oxygen atoms in total.